The van der Waals surface area contributed by atoms with Crippen molar-refractivity contribution in [2.75, 3.05) is 13.6 Å². The molecular weight excluding hydrogens is 192 g/mol. The summed E-state index contributed by atoms with van der Waals surface area (Å²) >= 11 is 0. The average molecular weight is 210 g/mol. The van der Waals surface area contributed by atoms with Gasteiger partial charge in [0.1, 0.15) is 0 Å². The van der Waals surface area contributed by atoms with Gasteiger partial charge in [0.25, 0.3) is 0 Å². The standard InChI is InChI=1S/C11H18N2O2/c1-3-10-9(5-4-8-13(10)2)6-7-11(14)12-15/h3,5,15H,4,6-8H2,1-2H3,(H,12,14)/b10-3-. The molecule has 0 aromatic rings. The second-order valence-corrected chi connectivity index (χ2v) is 3.65. The number of nitrogens with one attached hydrogen (secondary N) is 1. The summed E-state index contributed by atoms with van der Waals surface area (Å²) in [7, 11) is 2.05. The first-order valence-electron chi connectivity index (χ1n) is 5.18. The number of carbonyl (C=O) groups is 1. The molecule has 1 amide bonds. The van der Waals surface area contributed by atoms with E-state index in [2.05, 4.69) is 24.1 Å². The first-order chi connectivity index (χ1) is 7.19. The van der Waals surface area contributed by atoms with Crippen molar-refractivity contribution < 1.29 is 10.0 Å². The van der Waals surface area contributed by atoms with Gasteiger partial charge in [0.15, 0.2) is 0 Å². The summed E-state index contributed by atoms with van der Waals surface area (Å²) in [4.78, 5) is 13.1. The van der Waals surface area contributed by atoms with Crippen LogP contribution in [0.2, 0.25) is 0 Å². The molecule has 4 heteroatoms. The summed E-state index contributed by atoms with van der Waals surface area (Å²) in [6.45, 7) is 3.02. The number of likely N-dealkylation sites (N-methyl/N-ethyl adjacent to an activating group) is 1. The van der Waals surface area contributed by atoms with Gasteiger partial charge in [-0.15, -0.1) is 0 Å². The molecule has 0 aromatic carbocycles. The van der Waals surface area contributed by atoms with Crippen LogP contribution in [0.3, 0.4) is 0 Å². The molecule has 1 rings (SSSR count). The zero-order valence-electron chi connectivity index (χ0n) is 9.29. The Balaban J connectivity index is 2.60. The third-order valence-corrected chi connectivity index (χ3v) is 2.62. The third kappa shape index (κ3) is 3.09. The van der Waals surface area contributed by atoms with E-state index < -0.39 is 0 Å². The highest BCUT2D eigenvalue weighted by Crippen LogP contribution is 2.23. The summed E-state index contributed by atoms with van der Waals surface area (Å²) in [6.07, 6.45) is 6.25. The number of rotatable bonds is 3. The molecule has 0 saturated carbocycles. The molecular formula is C11H18N2O2. The number of hydroxylamine groups is 1. The Hall–Kier alpha value is -1.29. The number of amides is 1. The van der Waals surface area contributed by atoms with Crippen molar-refractivity contribution in [1.29, 1.82) is 0 Å². The molecule has 4 nitrogen and oxygen atoms in total. The Morgan fingerprint density at radius 1 is 1.73 bits per heavy atom. The Kier molecular flexibility index (Phi) is 4.37. The maximum absolute atomic E-state index is 10.9. The summed E-state index contributed by atoms with van der Waals surface area (Å²) < 4.78 is 0. The third-order valence-electron chi connectivity index (χ3n) is 2.62. The Morgan fingerprint density at radius 2 is 2.47 bits per heavy atom. The molecule has 0 aliphatic carbocycles. The Labute approximate surface area is 90.2 Å². The largest absolute Gasteiger partial charge is 0.374 e. The van der Waals surface area contributed by atoms with Crippen molar-refractivity contribution in [2.24, 2.45) is 0 Å². The number of nitrogens with zero attached hydrogens (tertiary/aromatic N) is 1. The maximum atomic E-state index is 10.9. The van der Waals surface area contributed by atoms with Crippen molar-refractivity contribution in [1.82, 2.24) is 10.4 Å². The number of hydrogen-bond acceptors (Lipinski definition) is 3. The summed E-state index contributed by atoms with van der Waals surface area (Å²) in [5.41, 5.74) is 4.03. The van der Waals surface area contributed by atoms with Gasteiger partial charge in [-0.3, -0.25) is 10.0 Å². The van der Waals surface area contributed by atoms with Crippen LogP contribution in [0.15, 0.2) is 23.4 Å². The van der Waals surface area contributed by atoms with Crippen LogP contribution in [0.1, 0.15) is 26.2 Å². The molecule has 84 valence electrons. The SMILES string of the molecule is C/C=C1/C(CCC(=O)NO)=CCCN1C. The van der Waals surface area contributed by atoms with Gasteiger partial charge in [-0.25, -0.2) is 5.48 Å². The maximum Gasteiger partial charge on any atom is 0.243 e. The second-order valence-electron chi connectivity index (χ2n) is 3.65. The smallest absolute Gasteiger partial charge is 0.243 e. The van der Waals surface area contributed by atoms with Crippen LogP contribution in [-0.4, -0.2) is 29.6 Å². The monoisotopic (exact) mass is 210 g/mol. The van der Waals surface area contributed by atoms with Gasteiger partial charge in [-0.2, -0.15) is 0 Å². The van der Waals surface area contributed by atoms with Gasteiger partial charge in [0.2, 0.25) is 5.91 Å². The van der Waals surface area contributed by atoms with Crippen LogP contribution in [-0.2, 0) is 4.79 Å². The highest BCUT2D eigenvalue weighted by atomic mass is 16.5. The lowest BCUT2D eigenvalue weighted by Gasteiger charge is -2.28. The van der Waals surface area contributed by atoms with E-state index in [1.54, 1.807) is 5.48 Å². The minimum atomic E-state index is -0.334. The number of carbonyl (C=O) groups excluding carboxylic acids is 1. The Morgan fingerprint density at radius 3 is 3.07 bits per heavy atom. The quantitative estimate of drug-likeness (QED) is 0.547. The van der Waals surface area contributed by atoms with E-state index in [1.165, 1.54) is 11.3 Å². The van der Waals surface area contributed by atoms with Crippen LogP contribution in [0, 0.1) is 0 Å². The molecule has 15 heavy (non-hydrogen) atoms. The first kappa shape index (κ1) is 11.8. The van der Waals surface area contributed by atoms with Crippen LogP contribution in [0.25, 0.3) is 0 Å². The van der Waals surface area contributed by atoms with Gasteiger partial charge in [-0.1, -0.05) is 12.2 Å². The van der Waals surface area contributed by atoms with Crippen molar-refractivity contribution in [2.45, 2.75) is 26.2 Å². The summed E-state index contributed by atoms with van der Waals surface area (Å²) in [5, 5.41) is 8.40. The minimum absolute atomic E-state index is 0.327. The first-order valence-corrected chi connectivity index (χ1v) is 5.18. The lowest BCUT2D eigenvalue weighted by molar-refractivity contribution is -0.129. The van der Waals surface area contributed by atoms with Crippen LogP contribution in [0.5, 0.6) is 0 Å². The van der Waals surface area contributed by atoms with E-state index >= 15 is 0 Å². The van der Waals surface area contributed by atoms with Crippen LogP contribution < -0.4 is 5.48 Å². The lowest BCUT2D eigenvalue weighted by Crippen LogP contribution is -2.25. The molecule has 1 aliphatic heterocycles. The van der Waals surface area contributed by atoms with E-state index in [0.717, 1.165) is 13.0 Å². The van der Waals surface area contributed by atoms with Gasteiger partial charge in [0, 0.05) is 25.7 Å². The Bertz CT molecular complexity index is 295. The van der Waals surface area contributed by atoms with E-state index in [0.29, 0.717) is 12.8 Å². The molecule has 0 spiro atoms. The molecule has 0 atom stereocenters. The van der Waals surface area contributed by atoms with Crippen molar-refractivity contribution in [3.63, 3.8) is 0 Å². The fourth-order valence-corrected chi connectivity index (χ4v) is 1.84. The zero-order chi connectivity index (χ0) is 11.3. The fraction of sp³-hybridized carbons (Fsp3) is 0.545. The minimum Gasteiger partial charge on any atom is -0.374 e. The van der Waals surface area contributed by atoms with Gasteiger partial charge in [0.05, 0.1) is 0 Å². The zero-order valence-corrected chi connectivity index (χ0v) is 9.29. The predicted molar refractivity (Wildman–Crippen MR) is 58.3 cm³/mol. The number of allylic oxidation sites excluding steroid dienone is 2. The van der Waals surface area contributed by atoms with E-state index in [4.69, 9.17) is 5.21 Å². The predicted octanol–water partition coefficient (Wildman–Crippen LogP) is 1.44. The van der Waals surface area contributed by atoms with Gasteiger partial charge in [-0.05, 0) is 25.3 Å². The molecule has 0 fully saturated rings. The fourth-order valence-electron chi connectivity index (χ4n) is 1.84. The summed E-state index contributed by atoms with van der Waals surface area (Å²) in [6, 6.07) is 0. The van der Waals surface area contributed by atoms with Gasteiger partial charge < -0.3 is 4.90 Å². The van der Waals surface area contributed by atoms with E-state index in [-0.39, 0.29) is 5.91 Å². The lowest BCUT2D eigenvalue weighted by atomic mass is 10.0. The highest BCUT2D eigenvalue weighted by molar-refractivity contribution is 5.74. The van der Waals surface area contributed by atoms with Gasteiger partial charge >= 0.3 is 0 Å². The molecule has 0 aromatic heterocycles. The molecule has 0 unspecified atom stereocenters. The second kappa shape index (κ2) is 5.56. The van der Waals surface area contributed by atoms with Crippen LogP contribution in [0.4, 0.5) is 0 Å². The molecule has 2 N–H and O–H groups in total. The molecule has 0 radical (unpaired) electrons. The van der Waals surface area contributed by atoms with Crippen molar-refractivity contribution >= 4 is 5.91 Å². The topological polar surface area (TPSA) is 52.6 Å². The molecule has 0 saturated heterocycles. The normalized spacial score (nSPS) is 19.0. The average Bonchev–Trinajstić information content (AvgIpc) is 2.25. The van der Waals surface area contributed by atoms with Crippen LogP contribution >= 0.6 is 0 Å². The number of hydrogen-bond donors (Lipinski definition) is 2. The molecule has 1 heterocycles. The highest BCUT2D eigenvalue weighted by Gasteiger charge is 2.14. The van der Waals surface area contributed by atoms with E-state index in [1.807, 2.05) is 6.92 Å². The molecule has 0 bridgehead atoms. The van der Waals surface area contributed by atoms with Crippen molar-refractivity contribution in [3.8, 4) is 0 Å². The van der Waals surface area contributed by atoms with E-state index in [9.17, 15) is 4.79 Å². The van der Waals surface area contributed by atoms with Crippen molar-refractivity contribution in [3.05, 3.63) is 23.4 Å². The summed E-state index contributed by atoms with van der Waals surface area (Å²) in [5.74, 6) is -0.334. The molecule has 1 aliphatic rings.